The van der Waals surface area contributed by atoms with Crippen LogP contribution >= 0.6 is 11.6 Å². The van der Waals surface area contributed by atoms with E-state index in [0.717, 1.165) is 11.1 Å². The molecule has 0 unspecified atom stereocenters. The van der Waals surface area contributed by atoms with Gasteiger partial charge in [-0.2, -0.15) is 0 Å². The molecule has 0 bridgehead atoms. The molecule has 1 aliphatic rings. The van der Waals surface area contributed by atoms with Gasteiger partial charge in [0.2, 0.25) is 0 Å². The second-order valence-electron chi connectivity index (χ2n) is 8.72. The van der Waals surface area contributed by atoms with Crippen molar-refractivity contribution < 1.29 is 13.7 Å². The van der Waals surface area contributed by atoms with E-state index in [1.165, 1.54) is 12.1 Å². The Balaban J connectivity index is 1.46. The highest BCUT2D eigenvalue weighted by atomic mass is 35.5. The van der Waals surface area contributed by atoms with Gasteiger partial charge in [0, 0.05) is 49.7 Å². The summed E-state index contributed by atoms with van der Waals surface area (Å²) in [5.41, 5.74) is 4.52. The Kier molecular flexibility index (Phi) is 6.40. The van der Waals surface area contributed by atoms with Gasteiger partial charge in [0.1, 0.15) is 28.7 Å². The average molecular weight is 507 g/mol. The molecule has 1 saturated heterocycles. The highest BCUT2D eigenvalue weighted by molar-refractivity contribution is 6.33. The molecule has 0 radical (unpaired) electrons. The van der Waals surface area contributed by atoms with Crippen LogP contribution in [-0.2, 0) is 0 Å². The topological polar surface area (TPSA) is 88.3 Å². The van der Waals surface area contributed by atoms with Crippen LogP contribution in [0.4, 0.5) is 10.2 Å². The molecule has 0 aliphatic carbocycles. The largest absolute Gasteiger partial charge is 0.361 e. The third kappa shape index (κ3) is 4.42. The quantitative estimate of drug-likeness (QED) is 0.390. The van der Waals surface area contributed by atoms with Crippen molar-refractivity contribution in [3.05, 3.63) is 76.3 Å². The van der Waals surface area contributed by atoms with Crippen molar-refractivity contribution >= 4 is 23.3 Å². The average Bonchev–Trinajstić information content (AvgIpc) is 3.21. The summed E-state index contributed by atoms with van der Waals surface area (Å²) in [6.07, 6.45) is 4.92. The first kappa shape index (κ1) is 23.9. The van der Waals surface area contributed by atoms with Gasteiger partial charge in [-0.05, 0) is 50.6 Å². The zero-order valence-corrected chi connectivity index (χ0v) is 20.9. The summed E-state index contributed by atoms with van der Waals surface area (Å²) in [6.45, 7) is 7.57. The Morgan fingerprint density at radius 1 is 1.03 bits per heavy atom. The lowest BCUT2D eigenvalue weighted by atomic mass is 10.0. The minimum atomic E-state index is -0.312. The van der Waals surface area contributed by atoms with Crippen molar-refractivity contribution in [3.8, 4) is 22.5 Å². The molecule has 1 aromatic carbocycles. The molecule has 1 fully saturated rings. The molecule has 0 spiro atoms. The van der Waals surface area contributed by atoms with Crippen LogP contribution < -0.4 is 4.90 Å². The fraction of sp³-hybridized carbons (Fsp3) is 0.269. The van der Waals surface area contributed by atoms with Gasteiger partial charge < -0.3 is 14.3 Å². The SMILES string of the molecule is Cc1cc(F)ccc1-c1ncc(N2CCN(C(=O)c3c(C)noc3C)CC2)nc1-c1ccncc1Cl. The van der Waals surface area contributed by atoms with Gasteiger partial charge in [-0.15, -0.1) is 0 Å². The molecule has 1 aliphatic heterocycles. The van der Waals surface area contributed by atoms with Crippen LogP contribution in [0.2, 0.25) is 5.02 Å². The van der Waals surface area contributed by atoms with E-state index in [1.807, 2.05) is 6.92 Å². The zero-order valence-electron chi connectivity index (χ0n) is 20.1. The highest BCUT2D eigenvalue weighted by Gasteiger charge is 2.28. The maximum Gasteiger partial charge on any atom is 0.259 e. The summed E-state index contributed by atoms with van der Waals surface area (Å²) < 4.78 is 18.9. The Hall–Kier alpha value is -3.85. The maximum atomic E-state index is 13.8. The van der Waals surface area contributed by atoms with E-state index < -0.39 is 0 Å². The lowest BCUT2D eigenvalue weighted by Crippen LogP contribution is -2.49. The first-order valence-corrected chi connectivity index (χ1v) is 11.9. The monoisotopic (exact) mass is 506 g/mol. The molecule has 184 valence electrons. The Labute approximate surface area is 212 Å². The molecular formula is C26H24ClFN6O2. The number of hydrogen-bond donors (Lipinski definition) is 0. The van der Waals surface area contributed by atoms with E-state index in [9.17, 15) is 9.18 Å². The van der Waals surface area contributed by atoms with Crippen molar-refractivity contribution in [2.45, 2.75) is 20.8 Å². The molecular weight excluding hydrogens is 483 g/mol. The minimum absolute atomic E-state index is 0.0802. The number of rotatable bonds is 4. The number of carbonyl (C=O) groups excluding carboxylic acids is 1. The third-order valence-corrected chi connectivity index (χ3v) is 6.67. The van der Waals surface area contributed by atoms with Gasteiger partial charge in [0.05, 0.1) is 22.6 Å². The van der Waals surface area contributed by atoms with E-state index in [0.29, 0.717) is 71.0 Å². The number of amides is 1. The predicted octanol–water partition coefficient (Wildman–Crippen LogP) is 4.87. The standard InChI is InChI=1S/C26H24ClFN6O2/c1-15-12-18(28)4-5-19(15)24-25(20-6-7-29-13-21(20)27)31-22(14-30-24)33-8-10-34(11-9-33)26(35)23-16(2)32-36-17(23)3/h4-7,12-14H,8-11H2,1-3H3. The van der Waals surface area contributed by atoms with Crippen molar-refractivity contribution in [1.29, 1.82) is 0 Å². The maximum absolute atomic E-state index is 13.8. The number of nitrogens with zero attached hydrogens (tertiary/aromatic N) is 6. The molecule has 4 heterocycles. The molecule has 5 rings (SSSR count). The van der Waals surface area contributed by atoms with Crippen LogP contribution in [0.5, 0.6) is 0 Å². The molecule has 4 aromatic rings. The lowest BCUT2D eigenvalue weighted by Gasteiger charge is -2.35. The van der Waals surface area contributed by atoms with Gasteiger partial charge in [-0.3, -0.25) is 14.8 Å². The zero-order chi connectivity index (χ0) is 25.4. The smallest absolute Gasteiger partial charge is 0.259 e. The Morgan fingerprint density at radius 3 is 2.47 bits per heavy atom. The van der Waals surface area contributed by atoms with Crippen molar-refractivity contribution in [3.63, 3.8) is 0 Å². The second-order valence-corrected chi connectivity index (χ2v) is 9.13. The third-order valence-electron chi connectivity index (χ3n) is 6.37. The number of halogens is 2. The van der Waals surface area contributed by atoms with Crippen LogP contribution in [0, 0.1) is 26.6 Å². The number of hydrogen-bond acceptors (Lipinski definition) is 7. The molecule has 1 amide bonds. The molecule has 8 nitrogen and oxygen atoms in total. The molecule has 10 heteroatoms. The van der Waals surface area contributed by atoms with E-state index in [1.54, 1.807) is 49.5 Å². The van der Waals surface area contributed by atoms with Gasteiger partial charge in [-0.25, -0.2) is 9.37 Å². The van der Waals surface area contributed by atoms with Crippen LogP contribution in [-0.4, -0.2) is 57.1 Å². The fourth-order valence-electron chi connectivity index (χ4n) is 4.46. The van der Waals surface area contributed by atoms with E-state index >= 15 is 0 Å². The van der Waals surface area contributed by atoms with Gasteiger partial charge in [0.25, 0.3) is 5.91 Å². The summed E-state index contributed by atoms with van der Waals surface area (Å²) >= 11 is 6.49. The van der Waals surface area contributed by atoms with E-state index in [4.69, 9.17) is 26.1 Å². The van der Waals surface area contributed by atoms with Crippen molar-refractivity contribution in [2.24, 2.45) is 0 Å². The van der Waals surface area contributed by atoms with Crippen LogP contribution in [0.15, 0.2) is 47.4 Å². The molecule has 36 heavy (non-hydrogen) atoms. The van der Waals surface area contributed by atoms with E-state index in [2.05, 4.69) is 15.0 Å². The summed E-state index contributed by atoms with van der Waals surface area (Å²) in [5, 5.41) is 4.34. The van der Waals surface area contributed by atoms with Gasteiger partial charge in [0.15, 0.2) is 0 Å². The van der Waals surface area contributed by atoms with Gasteiger partial charge >= 0.3 is 0 Å². The first-order valence-electron chi connectivity index (χ1n) is 11.5. The summed E-state index contributed by atoms with van der Waals surface area (Å²) in [6, 6.07) is 6.37. The number of anilines is 1. The summed E-state index contributed by atoms with van der Waals surface area (Å²) in [7, 11) is 0. The highest BCUT2D eigenvalue weighted by Crippen LogP contribution is 2.35. The molecule has 0 saturated carbocycles. The second kappa shape index (κ2) is 9.66. The van der Waals surface area contributed by atoms with Crippen molar-refractivity contribution in [2.75, 3.05) is 31.1 Å². The Morgan fingerprint density at radius 2 is 1.81 bits per heavy atom. The van der Waals surface area contributed by atoms with E-state index in [-0.39, 0.29) is 11.7 Å². The van der Waals surface area contributed by atoms with Gasteiger partial charge in [-0.1, -0.05) is 16.8 Å². The number of benzene rings is 1. The van der Waals surface area contributed by atoms with Crippen LogP contribution in [0.25, 0.3) is 22.5 Å². The number of pyridine rings is 1. The number of aromatic nitrogens is 4. The first-order chi connectivity index (χ1) is 17.3. The summed E-state index contributed by atoms with van der Waals surface area (Å²) in [5.74, 6) is 0.805. The summed E-state index contributed by atoms with van der Waals surface area (Å²) in [4.78, 5) is 30.7. The van der Waals surface area contributed by atoms with Crippen molar-refractivity contribution in [1.82, 2.24) is 25.0 Å². The normalized spacial score (nSPS) is 13.8. The minimum Gasteiger partial charge on any atom is -0.361 e. The van der Waals surface area contributed by atoms with Crippen LogP contribution in [0.1, 0.15) is 27.4 Å². The lowest BCUT2D eigenvalue weighted by molar-refractivity contribution is 0.0744. The van der Waals surface area contributed by atoms with Crippen LogP contribution in [0.3, 0.4) is 0 Å². The number of carbonyl (C=O) groups is 1. The molecule has 0 atom stereocenters. The molecule has 0 N–H and O–H groups in total. The predicted molar refractivity (Wildman–Crippen MR) is 134 cm³/mol. The number of piperazine rings is 1. The number of aryl methyl sites for hydroxylation is 3. The molecule has 3 aromatic heterocycles. The fourth-order valence-corrected chi connectivity index (χ4v) is 4.67. The Bertz CT molecular complexity index is 1430.